The molecule has 1 aromatic carbocycles. The molecule has 0 aliphatic heterocycles. The Hall–Kier alpha value is -1.39. The largest absolute Gasteiger partial charge is 0.382 e. The van der Waals surface area contributed by atoms with Crippen LogP contribution in [0.3, 0.4) is 0 Å². The number of Topliss-reactive ketones (excluding diaryl/α,β-unsaturated/α-hetero) is 1. The topological polar surface area (TPSA) is 55.8 Å². The first-order valence-electron chi connectivity index (χ1n) is 5.44. The maximum atomic E-state index is 11.1. The first kappa shape index (κ1) is 13.7. The van der Waals surface area contributed by atoms with Crippen LogP contribution in [0.4, 0.5) is 0 Å². The fourth-order valence-electron chi connectivity index (χ4n) is 1.28. The van der Waals surface area contributed by atoms with Crippen molar-refractivity contribution in [2.75, 3.05) is 0 Å². The van der Waals surface area contributed by atoms with Gasteiger partial charge in [-0.3, -0.25) is 4.79 Å². The normalized spacial score (nSPS) is 13.2. The lowest BCUT2D eigenvalue weighted by atomic mass is 9.99. The van der Waals surface area contributed by atoms with Gasteiger partial charge in [0, 0.05) is 0 Å². The highest BCUT2D eigenvalue weighted by molar-refractivity contribution is 5.81. The Morgan fingerprint density at radius 2 is 1.82 bits per heavy atom. The molecule has 1 atom stereocenters. The van der Waals surface area contributed by atoms with E-state index in [9.17, 15) is 9.90 Å². The molecule has 0 amide bonds. The van der Waals surface area contributed by atoms with Gasteiger partial charge in [0.15, 0.2) is 11.5 Å². The molecular weight excluding hydrogens is 220 g/mol. The lowest BCUT2D eigenvalue weighted by molar-refractivity contribution is -0.300. The molecule has 0 aliphatic rings. The number of carbonyl (C=O) groups is 1. The summed E-state index contributed by atoms with van der Waals surface area (Å²) in [6, 6.07) is 7.28. The van der Waals surface area contributed by atoms with Gasteiger partial charge in [0.25, 0.3) is 0 Å². The Morgan fingerprint density at radius 1 is 1.29 bits per heavy atom. The van der Waals surface area contributed by atoms with Gasteiger partial charge in [0.2, 0.25) is 0 Å². The molecule has 4 heteroatoms. The van der Waals surface area contributed by atoms with Crippen molar-refractivity contribution in [1.29, 1.82) is 0 Å². The monoisotopic (exact) mass is 238 g/mol. The molecule has 0 aromatic heterocycles. The van der Waals surface area contributed by atoms with Crippen LogP contribution in [0.15, 0.2) is 24.3 Å². The van der Waals surface area contributed by atoms with Gasteiger partial charge in [-0.05, 0) is 39.8 Å². The number of hydrogen-bond donors (Lipinski definition) is 1. The Balaban J connectivity index is 2.60. The Labute approximate surface area is 101 Å². The van der Waals surface area contributed by atoms with Crippen molar-refractivity contribution in [3.8, 4) is 5.75 Å². The zero-order valence-corrected chi connectivity index (χ0v) is 10.6. The quantitative estimate of drug-likeness (QED) is 0.630. The lowest BCUT2D eigenvalue weighted by Crippen LogP contribution is -2.44. The van der Waals surface area contributed by atoms with Crippen LogP contribution in [-0.2, 0) is 9.68 Å². The van der Waals surface area contributed by atoms with Gasteiger partial charge >= 0.3 is 0 Å². The van der Waals surface area contributed by atoms with E-state index in [1.165, 1.54) is 6.92 Å². The zero-order valence-electron chi connectivity index (χ0n) is 10.6. The van der Waals surface area contributed by atoms with Crippen molar-refractivity contribution in [3.63, 3.8) is 0 Å². The van der Waals surface area contributed by atoms with Crippen LogP contribution in [0.1, 0.15) is 26.3 Å². The molecule has 0 saturated heterocycles. The Bertz CT molecular complexity index is 381. The highest BCUT2D eigenvalue weighted by Crippen LogP contribution is 2.19. The standard InChI is InChI=1S/C13H18O4/c1-9-5-7-11(8-6-9)16-17-13(3,4)12(15)10(2)14/h5-8,12,15H,1-4H3. The van der Waals surface area contributed by atoms with Gasteiger partial charge in [0.1, 0.15) is 11.7 Å². The third kappa shape index (κ3) is 3.84. The lowest BCUT2D eigenvalue weighted by Gasteiger charge is -2.26. The zero-order chi connectivity index (χ0) is 13.1. The third-order valence-corrected chi connectivity index (χ3v) is 2.42. The number of aryl methyl sites for hydroxylation is 1. The number of rotatable bonds is 5. The summed E-state index contributed by atoms with van der Waals surface area (Å²) in [7, 11) is 0. The molecule has 1 N–H and O–H groups in total. The van der Waals surface area contributed by atoms with Crippen LogP contribution < -0.4 is 4.89 Å². The van der Waals surface area contributed by atoms with Gasteiger partial charge in [-0.15, -0.1) is 0 Å². The second-order valence-corrected chi connectivity index (χ2v) is 4.60. The summed E-state index contributed by atoms with van der Waals surface area (Å²) in [5, 5.41) is 9.62. The number of benzene rings is 1. The average Bonchev–Trinajstić information content (AvgIpc) is 2.27. The minimum Gasteiger partial charge on any atom is -0.382 e. The van der Waals surface area contributed by atoms with Gasteiger partial charge in [-0.25, -0.2) is 0 Å². The molecule has 1 rings (SSSR count). The average molecular weight is 238 g/mol. The molecule has 1 unspecified atom stereocenters. The van der Waals surface area contributed by atoms with E-state index < -0.39 is 11.7 Å². The third-order valence-electron chi connectivity index (χ3n) is 2.42. The molecule has 0 bridgehead atoms. The summed E-state index contributed by atoms with van der Waals surface area (Å²) in [4.78, 5) is 21.3. The van der Waals surface area contributed by atoms with Crippen molar-refractivity contribution in [2.45, 2.75) is 39.4 Å². The van der Waals surface area contributed by atoms with Crippen molar-refractivity contribution in [3.05, 3.63) is 29.8 Å². The Kier molecular flexibility index (Phi) is 4.26. The molecule has 17 heavy (non-hydrogen) atoms. The number of carbonyl (C=O) groups excluding carboxylic acids is 1. The van der Waals surface area contributed by atoms with Crippen LogP contribution in [-0.4, -0.2) is 22.6 Å². The summed E-state index contributed by atoms with van der Waals surface area (Å²) in [6.07, 6.45) is -1.21. The van der Waals surface area contributed by atoms with Crippen molar-refractivity contribution < 1.29 is 19.7 Å². The molecule has 0 heterocycles. The fraction of sp³-hybridized carbons (Fsp3) is 0.462. The molecule has 0 saturated carbocycles. The molecule has 0 spiro atoms. The maximum Gasteiger partial charge on any atom is 0.165 e. The summed E-state index contributed by atoms with van der Waals surface area (Å²) in [6.45, 7) is 6.45. The number of ketones is 1. The van der Waals surface area contributed by atoms with Crippen LogP contribution in [0.2, 0.25) is 0 Å². The van der Waals surface area contributed by atoms with Crippen molar-refractivity contribution in [2.24, 2.45) is 0 Å². The molecule has 0 fully saturated rings. The summed E-state index contributed by atoms with van der Waals surface area (Å²) in [5.74, 6) is 0.168. The van der Waals surface area contributed by atoms with Crippen LogP contribution >= 0.6 is 0 Å². The van der Waals surface area contributed by atoms with Crippen molar-refractivity contribution in [1.82, 2.24) is 0 Å². The molecule has 0 radical (unpaired) electrons. The summed E-state index contributed by atoms with van der Waals surface area (Å²) < 4.78 is 0. The van der Waals surface area contributed by atoms with E-state index in [2.05, 4.69) is 0 Å². The van der Waals surface area contributed by atoms with E-state index in [4.69, 9.17) is 9.78 Å². The van der Waals surface area contributed by atoms with Gasteiger partial charge in [0.05, 0.1) is 0 Å². The smallest absolute Gasteiger partial charge is 0.165 e. The first-order chi connectivity index (χ1) is 7.83. The number of aliphatic hydroxyl groups excluding tert-OH is 1. The maximum absolute atomic E-state index is 11.1. The second-order valence-electron chi connectivity index (χ2n) is 4.60. The SMILES string of the molecule is CC(=O)C(O)C(C)(C)OOc1ccc(C)cc1. The molecule has 0 aliphatic carbocycles. The van der Waals surface area contributed by atoms with Crippen molar-refractivity contribution >= 4 is 5.78 Å². The van der Waals surface area contributed by atoms with Crippen LogP contribution in [0, 0.1) is 6.92 Å². The van der Waals surface area contributed by atoms with Crippen LogP contribution in [0.25, 0.3) is 0 Å². The first-order valence-corrected chi connectivity index (χ1v) is 5.44. The molecular formula is C13H18O4. The van der Waals surface area contributed by atoms with E-state index in [1.807, 2.05) is 19.1 Å². The van der Waals surface area contributed by atoms with Gasteiger partial charge in [-0.2, -0.15) is 4.89 Å². The minimum atomic E-state index is -1.21. The molecule has 4 nitrogen and oxygen atoms in total. The highest BCUT2D eigenvalue weighted by Gasteiger charge is 2.34. The predicted molar refractivity (Wildman–Crippen MR) is 63.7 cm³/mol. The highest BCUT2D eigenvalue weighted by atomic mass is 17.2. The van der Waals surface area contributed by atoms with E-state index in [-0.39, 0.29) is 5.78 Å². The van der Waals surface area contributed by atoms with Gasteiger partial charge in [-0.1, -0.05) is 17.7 Å². The fourth-order valence-corrected chi connectivity index (χ4v) is 1.28. The Morgan fingerprint density at radius 3 is 2.29 bits per heavy atom. The van der Waals surface area contributed by atoms with E-state index >= 15 is 0 Å². The predicted octanol–water partition coefficient (Wildman–Crippen LogP) is 2.03. The second kappa shape index (κ2) is 5.29. The van der Waals surface area contributed by atoms with Gasteiger partial charge < -0.3 is 9.99 Å². The minimum absolute atomic E-state index is 0.359. The van der Waals surface area contributed by atoms with E-state index in [0.717, 1.165) is 5.56 Å². The van der Waals surface area contributed by atoms with E-state index in [1.54, 1.807) is 26.0 Å². The van der Waals surface area contributed by atoms with Crippen LogP contribution in [0.5, 0.6) is 5.75 Å². The van der Waals surface area contributed by atoms with E-state index in [0.29, 0.717) is 5.75 Å². The molecule has 94 valence electrons. The summed E-state index contributed by atoms with van der Waals surface area (Å²) >= 11 is 0. The molecule has 1 aromatic rings. The number of aliphatic hydroxyl groups is 1. The summed E-state index contributed by atoms with van der Waals surface area (Å²) in [5.41, 5.74) is 0.0249. The number of hydrogen-bond acceptors (Lipinski definition) is 4.